The first-order valence-electron chi connectivity index (χ1n) is 7.12. The van der Waals surface area contributed by atoms with Gasteiger partial charge in [-0.3, -0.25) is 4.98 Å². The van der Waals surface area contributed by atoms with Crippen LogP contribution in [-0.4, -0.2) is 31.3 Å². The summed E-state index contributed by atoms with van der Waals surface area (Å²) in [5, 5.41) is 3.33. The van der Waals surface area contributed by atoms with Crippen LogP contribution in [0.2, 0.25) is 0 Å². The van der Waals surface area contributed by atoms with Crippen LogP contribution in [0.15, 0.2) is 12.1 Å². The first-order chi connectivity index (χ1) is 9.29. The predicted octanol–water partition coefficient (Wildman–Crippen LogP) is 2.45. The molecule has 1 N–H and O–H groups in total. The van der Waals surface area contributed by atoms with Crippen molar-refractivity contribution in [3.8, 4) is 5.75 Å². The van der Waals surface area contributed by atoms with Crippen LogP contribution in [-0.2, 0) is 11.3 Å². The second kappa shape index (κ2) is 7.46. The third kappa shape index (κ3) is 4.48. The van der Waals surface area contributed by atoms with Crippen LogP contribution >= 0.6 is 0 Å². The van der Waals surface area contributed by atoms with Crippen LogP contribution in [0.1, 0.15) is 37.1 Å². The van der Waals surface area contributed by atoms with Gasteiger partial charge in [-0.2, -0.15) is 0 Å². The summed E-state index contributed by atoms with van der Waals surface area (Å²) in [6.45, 7) is 4.28. The lowest BCUT2D eigenvalue weighted by Gasteiger charge is -2.16. The number of pyridine rings is 1. The van der Waals surface area contributed by atoms with Crippen molar-refractivity contribution in [1.29, 1.82) is 0 Å². The van der Waals surface area contributed by atoms with E-state index in [1.54, 1.807) is 7.11 Å². The summed E-state index contributed by atoms with van der Waals surface area (Å²) in [5.74, 6) is 0.933. The van der Waals surface area contributed by atoms with Gasteiger partial charge in [0.15, 0.2) is 0 Å². The van der Waals surface area contributed by atoms with Gasteiger partial charge in [-0.1, -0.05) is 0 Å². The molecular formula is C15H24N2O2. The molecule has 1 aliphatic rings. The molecule has 0 aliphatic heterocycles. The summed E-state index contributed by atoms with van der Waals surface area (Å²) >= 11 is 0. The lowest BCUT2D eigenvalue weighted by molar-refractivity contribution is 0.196. The summed E-state index contributed by atoms with van der Waals surface area (Å²) in [5.41, 5.74) is 2.03. The third-order valence-corrected chi connectivity index (χ3v) is 3.44. The number of hydrogen-bond acceptors (Lipinski definition) is 4. The van der Waals surface area contributed by atoms with Crippen LogP contribution in [0, 0.1) is 6.92 Å². The molecule has 4 nitrogen and oxygen atoms in total. The highest BCUT2D eigenvalue weighted by atomic mass is 16.5. The Morgan fingerprint density at radius 3 is 2.84 bits per heavy atom. The van der Waals surface area contributed by atoms with Gasteiger partial charge in [0.25, 0.3) is 0 Å². The molecule has 0 aromatic carbocycles. The van der Waals surface area contributed by atoms with Gasteiger partial charge in [0.05, 0.1) is 18.4 Å². The monoisotopic (exact) mass is 264 g/mol. The highest BCUT2D eigenvalue weighted by Crippen LogP contribution is 2.26. The summed E-state index contributed by atoms with van der Waals surface area (Å²) in [4.78, 5) is 4.58. The fourth-order valence-electron chi connectivity index (χ4n) is 2.40. The zero-order chi connectivity index (χ0) is 13.5. The summed E-state index contributed by atoms with van der Waals surface area (Å²) in [6.07, 6.45) is 5.29. The van der Waals surface area contributed by atoms with E-state index in [0.717, 1.165) is 30.2 Å². The zero-order valence-electron chi connectivity index (χ0n) is 11.9. The SMILES string of the molecule is COCCNCc1nc(C)ccc1OC1CCCC1. The van der Waals surface area contributed by atoms with E-state index < -0.39 is 0 Å². The van der Waals surface area contributed by atoms with Crippen LogP contribution in [0.3, 0.4) is 0 Å². The standard InChI is InChI=1S/C15H24N2O2/c1-12-7-8-15(19-13-5-3-4-6-13)14(17-12)11-16-9-10-18-2/h7-8,13,16H,3-6,9-11H2,1-2H3. The molecule has 4 heteroatoms. The minimum atomic E-state index is 0.377. The van der Waals surface area contributed by atoms with Crippen molar-refractivity contribution in [2.45, 2.75) is 45.3 Å². The van der Waals surface area contributed by atoms with Gasteiger partial charge in [0.1, 0.15) is 5.75 Å². The zero-order valence-corrected chi connectivity index (χ0v) is 11.9. The fraction of sp³-hybridized carbons (Fsp3) is 0.667. The van der Waals surface area contributed by atoms with Gasteiger partial charge >= 0.3 is 0 Å². The Hall–Kier alpha value is -1.13. The highest BCUT2D eigenvalue weighted by Gasteiger charge is 2.18. The lowest BCUT2D eigenvalue weighted by atomic mass is 10.2. The number of hydrogen-bond donors (Lipinski definition) is 1. The predicted molar refractivity (Wildman–Crippen MR) is 75.4 cm³/mol. The van der Waals surface area contributed by atoms with E-state index in [-0.39, 0.29) is 0 Å². The van der Waals surface area contributed by atoms with E-state index in [1.165, 1.54) is 25.7 Å². The average molecular weight is 264 g/mol. The minimum absolute atomic E-state index is 0.377. The van der Waals surface area contributed by atoms with Crippen LogP contribution < -0.4 is 10.1 Å². The van der Waals surface area contributed by atoms with Crippen molar-refractivity contribution in [3.63, 3.8) is 0 Å². The Morgan fingerprint density at radius 2 is 2.11 bits per heavy atom. The lowest BCUT2D eigenvalue weighted by Crippen LogP contribution is -2.21. The Bertz CT molecular complexity index is 390. The first kappa shape index (κ1) is 14.3. The van der Waals surface area contributed by atoms with Gasteiger partial charge in [-0.15, -0.1) is 0 Å². The molecule has 19 heavy (non-hydrogen) atoms. The number of nitrogens with zero attached hydrogens (tertiary/aromatic N) is 1. The van der Waals surface area contributed by atoms with E-state index in [2.05, 4.69) is 10.3 Å². The maximum atomic E-state index is 6.08. The van der Waals surface area contributed by atoms with E-state index in [9.17, 15) is 0 Å². The second-order valence-corrected chi connectivity index (χ2v) is 5.09. The second-order valence-electron chi connectivity index (χ2n) is 5.09. The van der Waals surface area contributed by atoms with Gasteiger partial charge in [-0.25, -0.2) is 0 Å². The summed E-state index contributed by atoms with van der Waals surface area (Å²) < 4.78 is 11.1. The number of rotatable bonds is 7. The molecule has 0 unspecified atom stereocenters. The molecule has 1 aromatic rings. The van der Waals surface area contributed by atoms with E-state index >= 15 is 0 Å². The van der Waals surface area contributed by atoms with Crippen molar-refractivity contribution in [2.24, 2.45) is 0 Å². The molecule has 1 fully saturated rings. The average Bonchev–Trinajstić information content (AvgIpc) is 2.90. The van der Waals surface area contributed by atoms with Crippen molar-refractivity contribution in [1.82, 2.24) is 10.3 Å². The number of aromatic nitrogens is 1. The molecule has 1 heterocycles. The number of methoxy groups -OCH3 is 1. The molecule has 0 atom stereocenters. The van der Waals surface area contributed by atoms with Gasteiger partial charge in [-0.05, 0) is 44.7 Å². The molecule has 106 valence electrons. The van der Waals surface area contributed by atoms with E-state index in [4.69, 9.17) is 9.47 Å². The normalized spacial score (nSPS) is 15.9. The van der Waals surface area contributed by atoms with Crippen LogP contribution in [0.25, 0.3) is 0 Å². The number of ether oxygens (including phenoxy) is 2. The molecule has 0 spiro atoms. The molecule has 1 saturated carbocycles. The van der Waals surface area contributed by atoms with Crippen LogP contribution in [0.5, 0.6) is 5.75 Å². The molecule has 2 rings (SSSR count). The minimum Gasteiger partial charge on any atom is -0.488 e. The maximum absolute atomic E-state index is 6.08. The highest BCUT2D eigenvalue weighted by molar-refractivity contribution is 5.29. The third-order valence-electron chi connectivity index (χ3n) is 3.44. The van der Waals surface area contributed by atoms with Crippen molar-refractivity contribution in [3.05, 3.63) is 23.5 Å². The van der Waals surface area contributed by atoms with E-state index in [0.29, 0.717) is 12.7 Å². The fourth-order valence-corrected chi connectivity index (χ4v) is 2.40. The number of nitrogens with one attached hydrogen (secondary N) is 1. The van der Waals surface area contributed by atoms with Gasteiger partial charge in [0.2, 0.25) is 0 Å². The molecule has 1 aromatic heterocycles. The molecule has 0 amide bonds. The maximum Gasteiger partial charge on any atom is 0.142 e. The van der Waals surface area contributed by atoms with E-state index in [1.807, 2.05) is 19.1 Å². The van der Waals surface area contributed by atoms with Gasteiger partial charge < -0.3 is 14.8 Å². The van der Waals surface area contributed by atoms with Crippen molar-refractivity contribution in [2.75, 3.05) is 20.3 Å². The molecule has 0 radical (unpaired) electrons. The Morgan fingerprint density at radius 1 is 1.32 bits per heavy atom. The quantitative estimate of drug-likeness (QED) is 0.768. The first-order valence-corrected chi connectivity index (χ1v) is 7.12. The topological polar surface area (TPSA) is 43.4 Å². The van der Waals surface area contributed by atoms with Crippen LogP contribution in [0.4, 0.5) is 0 Å². The summed E-state index contributed by atoms with van der Waals surface area (Å²) in [6, 6.07) is 4.07. The molecule has 0 saturated heterocycles. The molecule has 0 bridgehead atoms. The molecule has 1 aliphatic carbocycles. The largest absolute Gasteiger partial charge is 0.488 e. The van der Waals surface area contributed by atoms with Crippen molar-refractivity contribution < 1.29 is 9.47 Å². The number of aryl methyl sites for hydroxylation is 1. The smallest absolute Gasteiger partial charge is 0.142 e. The molecular weight excluding hydrogens is 240 g/mol. The Kier molecular flexibility index (Phi) is 5.61. The Labute approximate surface area is 115 Å². The van der Waals surface area contributed by atoms with Gasteiger partial charge in [0, 0.05) is 25.9 Å². The summed E-state index contributed by atoms with van der Waals surface area (Å²) in [7, 11) is 1.71. The van der Waals surface area contributed by atoms with Crippen molar-refractivity contribution >= 4 is 0 Å². The Balaban J connectivity index is 1.95.